The van der Waals surface area contributed by atoms with E-state index in [0.29, 0.717) is 0 Å². The first-order chi connectivity index (χ1) is 8.34. The Labute approximate surface area is 109 Å². The van der Waals surface area contributed by atoms with Gasteiger partial charge in [-0.15, -0.1) is 5.11 Å². The summed E-state index contributed by atoms with van der Waals surface area (Å²) in [5.74, 6) is 2.91. The predicted molar refractivity (Wildman–Crippen MR) is 72.0 cm³/mol. The van der Waals surface area contributed by atoms with Crippen molar-refractivity contribution in [1.82, 2.24) is 0 Å². The lowest BCUT2D eigenvalue weighted by atomic mass is 10.2. The Morgan fingerprint density at radius 1 is 0.882 bits per heavy atom. The fourth-order valence-corrected chi connectivity index (χ4v) is 1.47. The standard InChI is InChI=1S/C14H9BrN2/c15-13-6-8-14(9-7-13)17-16-11-10-12-4-2-1-3-5-12/h1-9H. The topological polar surface area (TPSA) is 24.7 Å². The molecule has 17 heavy (non-hydrogen) atoms. The summed E-state index contributed by atoms with van der Waals surface area (Å²) >= 11 is 3.36. The van der Waals surface area contributed by atoms with Crippen LogP contribution < -0.4 is 0 Å². The van der Waals surface area contributed by atoms with Crippen molar-refractivity contribution >= 4 is 21.6 Å². The van der Waals surface area contributed by atoms with Crippen LogP contribution in [-0.2, 0) is 0 Å². The van der Waals surface area contributed by atoms with Gasteiger partial charge in [-0.05, 0) is 42.3 Å². The van der Waals surface area contributed by atoms with Crippen LogP contribution in [0.5, 0.6) is 0 Å². The number of nitrogens with zero attached hydrogens (tertiary/aromatic N) is 2. The van der Waals surface area contributed by atoms with Gasteiger partial charge in [0, 0.05) is 10.0 Å². The molecule has 0 fully saturated rings. The molecule has 2 aromatic rings. The van der Waals surface area contributed by atoms with Gasteiger partial charge in [-0.1, -0.05) is 39.2 Å². The van der Waals surface area contributed by atoms with Gasteiger partial charge in [0.25, 0.3) is 0 Å². The predicted octanol–water partition coefficient (Wildman–Crippen LogP) is 4.54. The van der Waals surface area contributed by atoms with Gasteiger partial charge in [0.1, 0.15) is 0 Å². The minimum absolute atomic E-state index is 0.788. The second-order valence-corrected chi connectivity index (χ2v) is 4.19. The average molecular weight is 285 g/mol. The lowest BCUT2D eigenvalue weighted by Gasteiger charge is -1.89. The summed E-state index contributed by atoms with van der Waals surface area (Å²) in [6, 6.07) is 19.9. The zero-order chi connectivity index (χ0) is 11.9. The number of azo groups is 1. The molecule has 0 aliphatic heterocycles. The molecule has 0 aromatic heterocycles. The Bertz CT molecular complexity index is 563. The first-order valence-electron chi connectivity index (χ1n) is 5.07. The Morgan fingerprint density at radius 2 is 1.59 bits per heavy atom. The van der Waals surface area contributed by atoms with Gasteiger partial charge < -0.3 is 0 Å². The quantitative estimate of drug-likeness (QED) is 0.542. The lowest BCUT2D eigenvalue weighted by molar-refractivity contribution is 1.26. The maximum atomic E-state index is 3.99. The van der Waals surface area contributed by atoms with Gasteiger partial charge in [-0.2, -0.15) is 0 Å². The van der Waals surface area contributed by atoms with E-state index in [2.05, 4.69) is 38.1 Å². The second-order valence-electron chi connectivity index (χ2n) is 3.28. The number of hydrogen-bond donors (Lipinski definition) is 0. The molecule has 0 N–H and O–H groups in total. The van der Waals surface area contributed by atoms with Crippen LogP contribution in [-0.4, -0.2) is 0 Å². The third-order valence-electron chi connectivity index (χ3n) is 2.02. The normalized spacial score (nSPS) is 9.94. The summed E-state index contributed by atoms with van der Waals surface area (Å²) in [4.78, 5) is 0. The zero-order valence-electron chi connectivity index (χ0n) is 8.97. The van der Waals surface area contributed by atoms with E-state index in [0.717, 1.165) is 15.7 Å². The van der Waals surface area contributed by atoms with E-state index in [-0.39, 0.29) is 0 Å². The van der Waals surface area contributed by atoms with Crippen molar-refractivity contribution in [3.63, 3.8) is 0 Å². The fourth-order valence-electron chi connectivity index (χ4n) is 1.20. The molecule has 0 aliphatic carbocycles. The van der Waals surface area contributed by atoms with Gasteiger partial charge >= 0.3 is 0 Å². The van der Waals surface area contributed by atoms with Crippen LogP contribution >= 0.6 is 15.9 Å². The van der Waals surface area contributed by atoms with Crippen LogP contribution in [0, 0.1) is 12.0 Å². The maximum Gasteiger partial charge on any atom is 0.0865 e. The lowest BCUT2D eigenvalue weighted by Crippen LogP contribution is -1.69. The highest BCUT2D eigenvalue weighted by molar-refractivity contribution is 9.10. The summed E-state index contributed by atoms with van der Waals surface area (Å²) < 4.78 is 1.02. The minimum Gasteiger partial charge on any atom is -0.142 e. The third-order valence-corrected chi connectivity index (χ3v) is 2.54. The number of hydrogen-bond acceptors (Lipinski definition) is 2. The van der Waals surface area contributed by atoms with Crippen LogP contribution in [0.25, 0.3) is 0 Å². The number of halogens is 1. The highest BCUT2D eigenvalue weighted by Gasteiger charge is 1.87. The van der Waals surface area contributed by atoms with Crippen molar-refractivity contribution in [3.05, 3.63) is 64.6 Å². The molecule has 0 radical (unpaired) electrons. The number of benzene rings is 2. The highest BCUT2D eigenvalue weighted by Crippen LogP contribution is 2.16. The first-order valence-corrected chi connectivity index (χ1v) is 5.86. The molecule has 2 aromatic carbocycles. The maximum absolute atomic E-state index is 3.99. The SMILES string of the molecule is Brc1ccc(N=NC#Cc2ccccc2)cc1. The molecule has 0 saturated carbocycles. The minimum atomic E-state index is 0.788. The summed E-state index contributed by atoms with van der Waals surface area (Å²) in [5, 5.41) is 7.81. The molecule has 0 saturated heterocycles. The molecule has 0 heterocycles. The average Bonchev–Trinajstić information content (AvgIpc) is 2.38. The summed E-state index contributed by atoms with van der Waals surface area (Å²) in [6.45, 7) is 0. The molecule has 0 unspecified atom stereocenters. The van der Waals surface area contributed by atoms with Gasteiger partial charge in [-0.3, -0.25) is 0 Å². The van der Waals surface area contributed by atoms with Crippen molar-refractivity contribution in [2.24, 2.45) is 10.2 Å². The van der Waals surface area contributed by atoms with E-state index < -0.39 is 0 Å². The third kappa shape index (κ3) is 3.86. The van der Waals surface area contributed by atoms with E-state index >= 15 is 0 Å². The number of rotatable bonds is 1. The van der Waals surface area contributed by atoms with Crippen LogP contribution in [0.3, 0.4) is 0 Å². The summed E-state index contributed by atoms with van der Waals surface area (Å²) in [6.07, 6.45) is 0. The highest BCUT2D eigenvalue weighted by atomic mass is 79.9. The van der Waals surface area contributed by atoms with Crippen LogP contribution in [0.4, 0.5) is 5.69 Å². The van der Waals surface area contributed by atoms with Gasteiger partial charge in [-0.25, -0.2) is 0 Å². The molecule has 0 spiro atoms. The molecule has 0 aliphatic rings. The van der Waals surface area contributed by atoms with Crippen molar-refractivity contribution < 1.29 is 0 Å². The molecule has 0 bridgehead atoms. The molecule has 82 valence electrons. The molecule has 0 amide bonds. The van der Waals surface area contributed by atoms with Crippen LogP contribution in [0.2, 0.25) is 0 Å². The largest absolute Gasteiger partial charge is 0.142 e. The first kappa shape index (κ1) is 11.6. The molecule has 2 nitrogen and oxygen atoms in total. The van der Waals surface area contributed by atoms with Crippen molar-refractivity contribution in [3.8, 4) is 12.0 Å². The molecule has 0 atom stereocenters. The fraction of sp³-hybridized carbons (Fsp3) is 0. The summed E-state index contributed by atoms with van der Waals surface area (Å²) in [7, 11) is 0. The van der Waals surface area contributed by atoms with Crippen molar-refractivity contribution in [1.29, 1.82) is 0 Å². The smallest absolute Gasteiger partial charge is 0.0865 e. The van der Waals surface area contributed by atoms with E-state index in [1.54, 1.807) is 0 Å². The monoisotopic (exact) mass is 284 g/mol. The van der Waals surface area contributed by atoms with Crippen molar-refractivity contribution in [2.45, 2.75) is 0 Å². The Kier molecular flexibility index (Phi) is 4.06. The zero-order valence-corrected chi connectivity index (χ0v) is 10.6. The molecular formula is C14H9BrN2. The Hall–Kier alpha value is -1.92. The van der Waals surface area contributed by atoms with Gasteiger partial charge in [0.2, 0.25) is 0 Å². The van der Waals surface area contributed by atoms with E-state index in [1.807, 2.05) is 54.6 Å². The Morgan fingerprint density at radius 3 is 2.29 bits per heavy atom. The van der Waals surface area contributed by atoms with E-state index in [4.69, 9.17) is 0 Å². The van der Waals surface area contributed by atoms with Crippen LogP contribution in [0.15, 0.2) is 69.3 Å². The Balaban J connectivity index is 2.03. The van der Waals surface area contributed by atoms with Gasteiger partial charge in [0.05, 0.1) is 11.7 Å². The van der Waals surface area contributed by atoms with E-state index in [1.165, 1.54) is 0 Å². The summed E-state index contributed by atoms with van der Waals surface area (Å²) in [5.41, 5.74) is 1.72. The van der Waals surface area contributed by atoms with Crippen LogP contribution in [0.1, 0.15) is 5.56 Å². The molecule has 2 rings (SSSR count). The second kappa shape index (κ2) is 5.97. The molecule has 3 heteroatoms. The van der Waals surface area contributed by atoms with Gasteiger partial charge in [0.15, 0.2) is 0 Å². The molecular weight excluding hydrogens is 276 g/mol. The van der Waals surface area contributed by atoms with E-state index in [9.17, 15) is 0 Å². The van der Waals surface area contributed by atoms with Crippen molar-refractivity contribution in [2.75, 3.05) is 0 Å².